The first-order chi connectivity index (χ1) is 17.6. The number of ether oxygens (including phenoxy) is 3. The van der Waals surface area contributed by atoms with Gasteiger partial charge in [0.2, 0.25) is 11.7 Å². The van der Waals surface area contributed by atoms with Gasteiger partial charge in [-0.1, -0.05) is 39.8 Å². The topological polar surface area (TPSA) is 91.4 Å². The minimum atomic E-state index is -2.14. The molecule has 208 valence electrons. The highest BCUT2D eigenvalue weighted by molar-refractivity contribution is 6.74. The summed E-state index contributed by atoms with van der Waals surface area (Å²) in [5, 5.41) is -0.00600. The fourth-order valence-corrected chi connectivity index (χ4v) is 9.95. The third-order valence-corrected chi connectivity index (χ3v) is 16.2. The molecule has 5 heterocycles. The number of amides is 1. The summed E-state index contributed by atoms with van der Waals surface area (Å²) >= 11 is 0. The lowest BCUT2D eigenvalue weighted by Crippen LogP contribution is -2.67. The van der Waals surface area contributed by atoms with Crippen LogP contribution >= 0.6 is 0 Å². The highest BCUT2D eigenvalue weighted by atomic mass is 28.4. The zero-order chi connectivity index (χ0) is 27.7. The minimum absolute atomic E-state index is 0.00600. The molecular formula is C29H41NO7Si. The maximum absolute atomic E-state index is 14.6. The van der Waals surface area contributed by atoms with Crippen molar-refractivity contribution in [3.63, 3.8) is 0 Å². The molecule has 5 fully saturated rings. The summed E-state index contributed by atoms with van der Waals surface area (Å²) in [6.45, 7) is 18.1. The molecule has 9 heteroatoms. The summed E-state index contributed by atoms with van der Waals surface area (Å²) < 4.78 is 24.8. The van der Waals surface area contributed by atoms with Gasteiger partial charge in [-0.15, -0.1) is 0 Å². The smallest absolute Gasteiger partial charge is 0.322 e. The van der Waals surface area contributed by atoms with Crippen molar-refractivity contribution < 1.29 is 33.0 Å². The zero-order valence-corrected chi connectivity index (χ0v) is 24.7. The number of esters is 2. The van der Waals surface area contributed by atoms with E-state index in [4.69, 9.17) is 18.6 Å². The molecule has 0 aromatic heterocycles. The van der Waals surface area contributed by atoms with Gasteiger partial charge in [-0.2, -0.15) is 0 Å². The van der Waals surface area contributed by atoms with Crippen LogP contribution in [0.4, 0.5) is 0 Å². The van der Waals surface area contributed by atoms with Crippen LogP contribution in [0.1, 0.15) is 53.4 Å². The van der Waals surface area contributed by atoms with Gasteiger partial charge in [-0.3, -0.25) is 14.4 Å². The fourth-order valence-electron chi connectivity index (χ4n) is 8.90. The normalized spacial score (nSPS) is 44.7. The third-order valence-electron chi connectivity index (χ3n) is 11.7. The Balaban J connectivity index is 1.50. The summed E-state index contributed by atoms with van der Waals surface area (Å²) in [5.74, 6) is -2.55. The first-order valence-corrected chi connectivity index (χ1v) is 16.9. The van der Waals surface area contributed by atoms with Crippen molar-refractivity contribution >= 4 is 26.2 Å². The van der Waals surface area contributed by atoms with Gasteiger partial charge >= 0.3 is 11.9 Å². The van der Waals surface area contributed by atoms with Crippen molar-refractivity contribution in [2.45, 2.75) is 88.9 Å². The number of rotatable bonds is 5. The molecule has 0 aromatic carbocycles. The van der Waals surface area contributed by atoms with Gasteiger partial charge in [-0.05, 0) is 49.5 Å². The molecule has 4 saturated heterocycles. The van der Waals surface area contributed by atoms with Crippen molar-refractivity contribution in [2.24, 2.45) is 28.6 Å². The van der Waals surface area contributed by atoms with Gasteiger partial charge in [0.15, 0.2) is 13.7 Å². The Morgan fingerprint density at radius 3 is 2.63 bits per heavy atom. The van der Waals surface area contributed by atoms with E-state index in [1.807, 2.05) is 11.0 Å². The maximum atomic E-state index is 14.6. The lowest BCUT2D eigenvalue weighted by Gasteiger charge is -2.61. The van der Waals surface area contributed by atoms with Crippen LogP contribution in [0.5, 0.6) is 0 Å². The van der Waals surface area contributed by atoms with Gasteiger partial charge < -0.3 is 23.5 Å². The molecule has 8 nitrogen and oxygen atoms in total. The van der Waals surface area contributed by atoms with Crippen LogP contribution in [0, 0.1) is 28.6 Å². The molecule has 1 amide bonds. The second kappa shape index (κ2) is 7.60. The molecule has 38 heavy (non-hydrogen) atoms. The zero-order valence-electron chi connectivity index (χ0n) is 23.7. The van der Waals surface area contributed by atoms with E-state index in [0.717, 1.165) is 5.57 Å². The number of carbonyl (C=O) groups is 3. The molecular weight excluding hydrogens is 502 g/mol. The van der Waals surface area contributed by atoms with E-state index in [-0.39, 0.29) is 47.1 Å². The van der Waals surface area contributed by atoms with Gasteiger partial charge in [0.25, 0.3) is 0 Å². The molecule has 2 unspecified atom stereocenters. The molecule has 4 bridgehead atoms. The Kier molecular flexibility index (Phi) is 5.26. The molecule has 6 rings (SSSR count). The number of nitrogens with zero attached hydrogens (tertiary/aromatic N) is 1. The van der Waals surface area contributed by atoms with Gasteiger partial charge in [0, 0.05) is 48.8 Å². The molecule has 2 spiro atoms. The third kappa shape index (κ3) is 2.81. The Morgan fingerprint density at radius 1 is 1.26 bits per heavy atom. The number of piperidine rings is 1. The van der Waals surface area contributed by atoms with Crippen LogP contribution in [0.15, 0.2) is 24.3 Å². The number of fused-ring (bicyclic) bond motifs is 3. The highest BCUT2D eigenvalue weighted by Crippen LogP contribution is 2.76. The summed E-state index contributed by atoms with van der Waals surface area (Å²) in [4.78, 5) is 42.9. The van der Waals surface area contributed by atoms with E-state index < -0.39 is 36.5 Å². The largest absolute Gasteiger partial charge is 0.468 e. The first-order valence-electron chi connectivity index (χ1n) is 13.9. The fraction of sp³-hybridized carbons (Fsp3) is 0.759. The molecule has 0 radical (unpaired) electrons. The first kappa shape index (κ1) is 26.3. The average Bonchev–Trinajstić information content (AvgIpc) is 3.40. The van der Waals surface area contributed by atoms with E-state index in [9.17, 15) is 14.4 Å². The van der Waals surface area contributed by atoms with Crippen molar-refractivity contribution in [3.8, 4) is 0 Å². The van der Waals surface area contributed by atoms with Crippen LogP contribution in [0.2, 0.25) is 18.1 Å². The van der Waals surface area contributed by atoms with E-state index in [1.54, 1.807) is 0 Å². The molecule has 8 atom stereocenters. The Hall–Kier alpha value is -1.97. The molecule has 6 aliphatic rings. The second-order valence-electron chi connectivity index (χ2n) is 14.0. The van der Waals surface area contributed by atoms with Crippen LogP contribution in [-0.4, -0.2) is 68.8 Å². The Morgan fingerprint density at radius 2 is 1.97 bits per heavy atom. The molecule has 0 aromatic rings. The summed E-state index contributed by atoms with van der Waals surface area (Å²) in [5.41, 5.74) is -2.11. The lowest BCUT2D eigenvalue weighted by molar-refractivity contribution is -0.232. The van der Waals surface area contributed by atoms with E-state index >= 15 is 0 Å². The van der Waals surface area contributed by atoms with Crippen molar-refractivity contribution in [2.75, 3.05) is 20.3 Å². The summed E-state index contributed by atoms with van der Waals surface area (Å²) in [6.07, 6.45) is 5.73. The quantitative estimate of drug-likeness (QED) is 0.224. The Labute approximate surface area is 226 Å². The van der Waals surface area contributed by atoms with E-state index in [1.165, 1.54) is 7.11 Å². The summed E-state index contributed by atoms with van der Waals surface area (Å²) in [6, 6.07) is -0.167. The Bertz CT molecular complexity index is 1170. The van der Waals surface area contributed by atoms with Crippen molar-refractivity contribution in [3.05, 3.63) is 24.3 Å². The van der Waals surface area contributed by atoms with E-state index in [2.05, 4.69) is 53.4 Å². The number of hydrogen-bond donors (Lipinski definition) is 0. The SMILES string of the molecule is C=C1CN2C(=O)[C@](CCO[Si](C)(C)C(C)(C)C)(C(=O)OC)[C@]3(C)C2CC1[C@]12C=C[C@@]4(OC(=O)CC[C@H]4[C@@H]13)O2. The van der Waals surface area contributed by atoms with E-state index in [0.29, 0.717) is 32.4 Å². The molecule has 5 aliphatic heterocycles. The summed E-state index contributed by atoms with van der Waals surface area (Å²) in [7, 11) is -0.766. The maximum Gasteiger partial charge on any atom is 0.322 e. The molecule has 1 saturated carbocycles. The van der Waals surface area contributed by atoms with Gasteiger partial charge in [0.05, 0.1) is 7.11 Å². The second-order valence-corrected chi connectivity index (χ2v) is 18.9. The minimum Gasteiger partial charge on any atom is -0.468 e. The predicted molar refractivity (Wildman–Crippen MR) is 141 cm³/mol. The highest BCUT2D eigenvalue weighted by Gasteiger charge is 2.85. The van der Waals surface area contributed by atoms with Gasteiger partial charge in [0.1, 0.15) is 5.60 Å². The molecule has 0 N–H and O–H groups in total. The van der Waals surface area contributed by atoms with Crippen molar-refractivity contribution in [1.29, 1.82) is 0 Å². The lowest BCUT2D eigenvalue weighted by atomic mass is 9.42. The number of carbonyl (C=O) groups excluding carboxylic acids is 3. The van der Waals surface area contributed by atoms with Crippen LogP contribution in [0.3, 0.4) is 0 Å². The molecule has 1 aliphatic carbocycles. The van der Waals surface area contributed by atoms with Gasteiger partial charge in [-0.25, -0.2) is 0 Å². The predicted octanol–water partition coefficient (Wildman–Crippen LogP) is 3.97. The van der Waals surface area contributed by atoms with Crippen molar-refractivity contribution in [1.82, 2.24) is 4.90 Å². The average molecular weight is 544 g/mol. The number of methoxy groups -OCH3 is 1. The van der Waals surface area contributed by atoms with Crippen LogP contribution in [0.25, 0.3) is 0 Å². The van der Waals surface area contributed by atoms with Crippen LogP contribution < -0.4 is 0 Å². The van der Waals surface area contributed by atoms with Crippen LogP contribution in [-0.2, 0) is 33.0 Å². The standard InChI is InChI=1S/C29H41NO7Si/c1-17-16-30-20-15-19(17)28-11-12-29(37-28)18(9-10-21(31)36-29)22(28)26(20,5)27(23(30)32,24(33)34-6)13-14-35-38(7,8)25(2,3)4/h11-12,18-20,22H,1,9-10,13-16H2,2-8H3/t18-,19?,20?,22+,26+,27+,28+,29+/m0/s1. The number of hydrogen-bond acceptors (Lipinski definition) is 7. The monoisotopic (exact) mass is 543 g/mol.